The molecule has 2 fully saturated rings. The molecule has 1 aromatic carbocycles. The summed E-state index contributed by atoms with van der Waals surface area (Å²) in [6.07, 6.45) is 3.98. The molecule has 2 aliphatic rings. The summed E-state index contributed by atoms with van der Waals surface area (Å²) in [5.74, 6) is 0. The highest BCUT2D eigenvalue weighted by molar-refractivity contribution is 9.10. The average Bonchev–Trinajstić information content (AvgIpc) is 2.67. The van der Waals surface area contributed by atoms with Crippen molar-refractivity contribution in [3.05, 3.63) is 27.7 Å². The number of fused-ring (bicyclic) bond motifs is 2. The summed E-state index contributed by atoms with van der Waals surface area (Å²) >= 11 is 9.32. The van der Waals surface area contributed by atoms with Crippen molar-refractivity contribution < 1.29 is 8.42 Å². The molecule has 2 N–H and O–H groups in total. The van der Waals surface area contributed by atoms with Gasteiger partial charge in [0, 0.05) is 22.6 Å². The molecule has 4 nitrogen and oxygen atoms in total. The summed E-state index contributed by atoms with van der Waals surface area (Å²) < 4.78 is 28.4. The molecule has 21 heavy (non-hydrogen) atoms. The molecule has 2 bridgehead atoms. The predicted molar refractivity (Wildman–Crippen MR) is 89.7 cm³/mol. The molecule has 118 valence electrons. The molecule has 0 amide bonds. The number of nitrogens with one attached hydrogen (secondary N) is 2. The third-order valence-corrected chi connectivity index (χ3v) is 6.48. The standard InChI is InChI=1S/C13H16BrClN2O2S.ClH/c14-8-1-4-13(12(15)5-8)20(18,19)17-11-6-9-2-3-10(7-11)16-9;/h1,4-5,9-11,16-17H,2-3,6-7H2;1H. The lowest BCUT2D eigenvalue weighted by molar-refractivity contribution is 0.345. The van der Waals surface area contributed by atoms with E-state index in [2.05, 4.69) is 26.0 Å². The lowest BCUT2D eigenvalue weighted by Crippen LogP contribution is -2.47. The second kappa shape index (κ2) is 6.72. The predicted octanol–water partition coefficient (Wildman–Crippen LogP) is 3.09. The van der Waals surface area contributed by atoms with Crippen molar-refractivity contribution in [1.29, 1.82) is 0 Å². The quantitative estimate of drug-likeness (QED) is 0.797. The smallest absolute Gasteiger partial charge is 0.242 e. The maximum absolute atomic E-state index is 12.4. The lowest BCUT2D eigenvalue weighted by Gasteiger charge is -2.29. The van der Waals surface area contributed by atoms with Gasteiger partial charge in [0.25, 0.3) is 0 Å². The normalized spacial score (nSPS) is 28.2. The summed E-state index contributed by atoms with van der Waals surface area (Å²) in [6.45, 7) is 0. The molecule has 2 unspecified atom stereocenters. The Bertz CT molecular complexity index is 615. The summed E-state index contributed by atoms with van der Waals surface area (Å²) in [4.78, 5) is 0.147. The minimum Gasteiger partial charge on any atom is -0.311 e. The number of benzene rings is 1. The number of halogens is 3. The highest BCUT2D eigenvalue weighted by Gasteiger charge is 2.35. The molecule has 0 aliphatic carbocycles. The zero-order chi connectivity index (χ0) is 14.3. The van der Waals surface area contributed by atoms with Crippen LogP contribution in [0.5, 0.6) is 0 Å². The lowest BCUT2D eigenvalue weighted by atomic mass is 10.0. The molecular weight excluding hydrogens is 399 g/mol. The van der Waals surface area contributed by atoms with Crippen LogP contribution in [-0.2, 0) is 10.0 Å². The number of hydrogen-bond donors (Lipinski definition) is 2. The Morgan fingerprint density at radius 3 is 2.43 bits per heavy atom. The van der Waals surface area contributed by atoms with Crippen LogP contribution in [0.3, 0.4) is 0 Å². The van der Waals surface area contributed by atoms with Gasteiger partial charge < -0.3 is 5.32 Å². The number of piperidine rings is 1. The Morgan fingerprint density at radius 1 is 1.24 bits per heavy atom. The first kappa shape index (κ1) is 17.5. The molecule has 1 aromatic rings. The van der Waals surface area contributed by atoms with E-state index in [1.807, 2.05) is 0 Å². The van der Waals surface area contributed by atoms with E-state index < -0.39 is 10.0 Å². The maximum Gasteiger partial charge on any atom is 0.242 e. The van der Waals surface area contributed by atoms with Crippen LogP contribution in [0, 0.1) is 0 Å². The van der Waals surface area contributed by atoms with E-state index in [0.29, 0.717) is 12.1 Å². The van der Waals surface area contributed by atoms with E-state index in [1.54, 1.807) is 12.1 Å². The molecule has 2 aliphatic heterocycles. The first-order valence-electron chi connectivity index (χ1n) is 6.67. The topological polar surface area (TPSA) is 58.2 Å². The van der Waals surface area contributed by atoms with Gasteiger partial charge in [-0.2, -0.15) is 0 Å². The van der Waals surface area contributed by atoms with Crippen molar-refractivity contribution >= 4 is 50.0 Å². The van der Waals surface area contributed by atoms with Crippen molar-refractivity contribution in [2.45, 2.75) is 48.7 Å². The molecule has 0 aromatic heterocycles. The molecular formula is C13H17BrCl2N2O2S. The van der Waals surface area contributed by atoms with Gasteiger partial charge in [-0.05, 0) is 43.9 Å². The Labute approximate surface area is 144 Å². The highest BCUT2D eigenvalue weighted by atomic mass is 79.9. The minimum atomic E-state index is -3.56. The van der Waals surface area contributed by atoms with Crippen molar-refractivity contribution in [2.75, 3.05) is 0 Å². The van der Waals surface area contributed by atoms with E-state index >= 15 is 0 Å². The molecule has 2 heterocycles. The molecule has 8 heteroatoms. The van der Waals surface area contributed by atoms with E-state index in [4.69, 9.17) is 11.6 Å². The number of rotatable bonds is 3. The van der Waals surface area contributed by atoms with E-state index in [0.717, 1.165) is 30.2 Å². The number of hydrogen-bond acceptors (Lipinski definition) is 3. The molecule has 0 saturated carbocycles. The van der Waals surface area contributed by atoms with Crippen LogP contribution >= 0.6 is 39.9 Å². The monoisotopic (exact) mass is 414 g/mol. The van der Waals surface area contributed by atoms with Crippen LogP contribution in [0.2, 0.25) is 5.02 Å². The first-order chi connectivity index (χ1) is 9.44. The Hall–Kier alpha value is 0.150. The van der Waals surface area contributed by atoms with Crippen LogP contribution in [0.25, 0.3) is 0 Å². The van der Waals surface area contributed by atoms with Gasteiger partial charge in [-0.1, -0.05) is 27.5 Å². The summed E-state index contributed by atoms with van der Waals surface area (Å²) in [6, 6.07) is 5.71. The van der Waals surface area contributed by atoms with Gasteiger partial charge in [-0.25, -0.2) is 13.1 Å². The second-order valence-electron chi connectivity index (χ2n) is 5.50. The molecule has 0 spiro atoms. The van der Waals surface area contributed by atoms with Gasteiger partial charge in [-0.15, -0.1) is 12.4 Å². The van der Waals surface area contributed by atoms with Crippen LogP contribution in [0.15, 0.2) is 27.6 Å². The fraction of sp³-hybridized carbons (Fsp3) is 0.538. The Kier molecular flexibility index (Phi) is 5.60. The largest absolute Gasteiger partial charge is 0.311 e. The van der Waals surface area contributed by atoms with Crippen molar-refractivity contribution in [3.8, 4) is 0 Å². The molecule has 3 rings (SSSR count). The van der Waals surface area contributed by atoms with Crippen LogP contribution < -0.4 is 10.0 Å². The summed E-state index contributed by atoms with van der Waals surface area (Å²) in [5, 5.41) is 3.74. The zero-order valence-electron chi connectivity index (χ0n) is 11.2. The number of sulfonamides is 1. The zero-order valence-corrected chi connectivity index (χ0v) is 15.2. The molecule has 2 atom stereocenters. The van der Waals surface area contributed by atoms with Gasteiger partial charge in [0.05, 0.1) is 5.02 Å². The second-order valence-corrected chi connectivity index (χ2v) is 8.51. The summed E-state index contributed by atoms with van der Waals surface area (Å²) in [7, 11) is -3.56. The third kappa shape index (κ3) is 3.92. The van der Waals surface area contributed by atoms with Gasteiger partial charge in [0.15, 0.2) is 0 Å². The van der Waals surface area contributed by atoms with Gasteiger partial charge >= 0.3 is 0 Å². The first-order valence-corrected chi connectivity index (χ1v) is 9.33. The Balaban J connectivity index is 0.00000161. The Morgan fingerprint density at radius 2 is 1.86 bits per heavy atom. The van der Waals surface area contributed by atoms with Crippen LogP contribution in [0.4, 0.5) is 0 Å². The summed E-state index contributed by atoms with van der Waals surface area (Å²) in [5.41, 5.74) is 0. The SMILES string of the molecule is Cl.O=S(=O)(NC1CC2CCC(C1)N2)c1ccc(Br)cc1Cl. The van der Waals surface area contributed by atoms with Gasteiger partial charge in [-0.3, -0.25) is 0 Å². The van der Waals surface area contributed by atoms with Crippen molar-refractivity contribution in [3.63, 3.8) is 0 Å². The van der Waals surface area contributed by atoms with Crippen LogP contribution in [-0.4, -0.2) is 26.5 Å². The highest BCUT2D eigenvalue weighted by Crippen LogP contribution is 2.29. The van der Waals surface area contributed by atoms with Crippen molar-refractivity contribution in [2.24, 2.45) is 0 Å². The maximum atomic E-state index is 12.4. The van der Waals surface area contributed by atoms with Crippen LogP contribution in [0.1, 0.15) is 25.7 Å². The average molecular weight is 416 g/mol. The van der Waals surface area contributed by atoms with E-state index in [-0.39, 0.29) is 28.4 Å². The molecule has 0 radical (unpaired) electrons. The fourth-order valence-electron chi connectivity index (χ4n) is 3.13. The molecule has 2 saturated heterocycles. The fourth-order valence-corrected chi connectivity index (χ4v) is 5.43. The van der Waals surface area contributed by atoms with Gasteiger partial charge in [0.1, 0.15) is 4.90 Å². The van der Waals surface area contributed by atoms with Crippen molar-refractivity contribution in [1.82, 2.24) is 10.0 Å². The third-order valence-electron chi connectivity index (χ3n) is 3.98. The van der Waals surface area contributed by atoms with E-state index in [9.17, 15) is 8.42 Å². The van der Waals surface area contributed by atoms with E-state index in [1.165, 1.54) is 6.07 Å². The minimum absolute atomic E-state index is 0. The van der Waals surface area contributed by atoms with Gasteiger partial charge in [0.2, 0.25) is 10.0 Å².